The van der Waals surface area contributed by atoms with Crippen molar-refractivity contribution in [2.45, 2.75) is 0 Å². The number of rotatable bonds is 12. The van der Waals surface area contributed by atoms with Crippen molar-refractivity contribution in [2.24, 2.45) is 0 Å². The van der Waals surface area contributed by atoms with Gasteiger partial charge in [-0.25, -0.2) is 0 Å². The fourth-order valence-electron chi connectivity index (χ4n) is 3.99. The van der Waals surface area contributed by atoms with Gasteiger partial charge in [0.05, 0.1) is 0 Å². The maximum absolute atomic E-state index is 7.50. The molecule has 0 bridgehead atoms. The summed E-state index contributed by atoms with van der Waals surface area (Å²) in [7, 11) is -4.00. The van der Waals surface area contributed by atoms with Crippen LogP contribution in [0.5, 0.6) is 34.5 Å². The van der Waals surface area contributed by atoms with E-state index in [0.29, 0.717) is 0 Å². The van der Waals surface area contributed by atoms with Crippen LogP contribution >= 0.6 is 17.2 Å². The molecule has 0 unspecified atom stereocenters. The van der Waals surface area contributed by atoms with Crippen LogP contribution in [0.25, 0.3) is 0 Å². The van der Waals surface area contributed by atoms with Crippen molar-refractivity contribution in [3.8, 4) is 34.5 Å². The molecule has 65 heavy (non-hydrogen) atoms. The Hall–Kier alpha value is -5.05. The van der Waals surface area contributed by atoms with E-state index in [1.807, 2.05) is 182 Å². The van der Waals surface area contributed by atoms with Crippen LogP contribution in [-0.4, -0.2) is 0 Å². The molecular formula is C50H34HgO10P2W2-8. The summed E-state index contributed by atoms with van der Waals surface area (Å²) in [6, 6.07) is 81.2. The van der Waals surface area contributed by atoms with Crippen molar-refractivity contribution in [1.82, 2.24) is 0 Å². The molecule has 0 heterocycles. The van der Waals surface area contributed by atoms with Crippen LogP contribution in [0, 0.1) is 75.1 Å². The smallest absolute Gasteiger partial charge is 0.528 e. The van der Waals surface area contributed by atoms with Crippen LogP contribution in [0.15, 0.2) is 194 Å². The third-order valence-electron chi connectivity index (χ3n) is 6.37. The van der Waals surface area contributed by atoms with E-state index in [0.717, 1.165) is 34.5 Å². The number of para-hydroxylation sites is 6. The van der Waals surface area contributed by atoms with E-state index in [-0.39, 0.29) is 69.8 Å². The Morgan fingerprint density at radius 3 is 0.538 bits per heavy atom. The van der Waals surface area contributed by atoms with E-state index in [1.54, 1.807) is 12.1 Å². The quantitative estimate of drug-likeness (QED) is 0.0517. The molecule has 0 radical (unpaired) electrons. The molecule has 8 rings (SSSR count). The first kappa shape index (κ1) is 64.2. The summed E-state index contributed by atoms with van der Waals surface area (Å²) in [4.78, 5) is 0. The predicted octanol–water partition coefficient (Wildman–Crippen LogP) is 11.4. The predicted molar refractivity (Wildman–Crippen MR) is 230 cm³/mol. The number of benzene rings is 6. The molecule has 0 aliphatic heterocycles. The average molecular weight is 1430 g/mol. The van der Waals surface area contributed by atoms with Crippen LogP contribution < -0.4 is 27.1 Å². The van der Waals surface area contributed by atoms with Crippen molar-refractivity contribution in [2.75, 3.05) is 0 Å². The van der Waals surface area contributed by atoms with Crippen molar-refractivity contribution in [1.29, 1.82) is 0 Å². The van der Waals surface area contributed by atoms with E-state index < -0.39 is 17.2 Å². The summed E-state index contributed by atoms with van der Waals surface area (Å²) in [6.45, 7) is 18.0. The Balaban J connectivity index is -0.000000835. The first-order chi connectivity index (χ1) is 30.8. The molecule has 8 aromatic rings. The molecule has 0 atom stereocenters. The minimum Gasteiger partial charge on any atom is -0.999 e. The molecule has 0 saturated heterocycles. The Morgan fingerprint density at radius 2 is 0.431 bits per heavy atom. The Labute approximate surface area is 432 Å². The Morgan fingerprint density at radius 1 is 0.292 bits per heavy atom. The average Bonchev–Trinajstić information content (AvgIpc) is 4.16. The molecule has 0 aliphatic carbocycles. The van der Waals surface area contributed by atoms with Gasteiger partial charge < -0.3 is 60.7 Å². The van der Waals surface area contributed by atoms with E-state index in [2.05, 4.69) is 75.1 Å². The van der Waals surface area contributed by atoms with Gasteiger partial charge in [-0.2, -0.15) is 0 Å². The zero-order chi connectivity index (χ0) is 45.1. The molecule has 0 N–H and O–H groups in total. The summed E-state index contributed by atoms with van der Waals surface area (Å²) in [5.74, 6) is 4.35. The molecule has 10 nitrogen and oxygen atoms in total. The van der Waals surface area contributed by atoms with Gasteiger partial charge in [0.1, 0.15) is 0 Å². The summed E-state index contributed by atoms with van der Waals surface area (Å²) in [5.41, 5.74) is 0. The van der Waals surface area contributed by atoms with Gasteiger partial charge in [0, 0.05) is 69.8 Å². The van der Waals surface area contributed by atoms with E-state index in [1.165, 1.54) is 0 Å². The summed E-state index contributed by atoms with van der Waals surface area (Å²) in [5, 5.41) is 0. The zero-order valence-corrected chi connectivity index (χ0v) is 47.4. The van der Waals surface area contributed by atoms with Crippen LogP contribution in [0.1, 0.15) is 0 Å². The molecule has 0 saturated carbocycles. The first-order valence-corrected chi connectivity index (χ1v) is 19.8. The number of hydrogen-bond donors (Lipinski definition) is 0. The van der Waals surface area contributed by atoms with Crippen molar-refractivity contribution >= 4 is 17.2 Å². The van der Waals surface area contributed by atoms with Gasteiger partial charge in [0.15, 0.2) is 34.5 Å². The minimum absolute atomic E-state index is 0. The van der Waals surface area contributed by atoms with Gasteiger partial charge in [-0.15, -0.1) is 0 Å². The van der Waals surface area contributed by atoms with Gasteiger partial charge >= 0.3 is 62.4 Å². The van der Waals surface area contributed by atoms with E-state index in [9.17, 15) is 0 Å². The van der Waals surface area contributed by atoms with Gasteiger partial charge in [-0.1, -0.05) is 109 Å². The maximum atomic E-state index is 7.50. The number of hydrogen-bond acceptors (Lipinski definition) is 6. The third kappa shape index (κ3) is 32.3. The fraction of sp³-hybridized carbons (Fsp3) is 0. The summed E-state index contributed by atoms with van der Waals surface area (Å²) < 4.78 is 65.3. The normalized spacial score (nSPS) is 8.28. The molecule has 0 aliphatic rings. The summed E-state index contributed by atoms with van der Waals surface area (Å²) >= 11 is 0. The van der Waals surface area contributed by atoms with Crippen LogP contribution in [-0.2, 0) is 88.4 Å². The molecular weight excluding hydrogens is 1390 g/mol. The zero-order valence-electron chi connectivity index (χ0n) is 34.1. The van der Waals surface area contributed by atoms with E-state index >= 15 is 0 Å². The second-order valence-electron chi connectivity index (χ2n) is 10.4. The molecule has 0 aromatic heterocycles. The van der Waals surface area contributed by atoms with Gasteiger partial charge in [0.25, 0.3) is 0 Å². The second-order valence-corrected chi connectivity index (χ2v) is 12.6. The standard InChI is InChI=1S/2C18H16O3P.2C5H.4CO.Hg.2W/c2*1-4-10-16(11-5-1)19-22(20-17-12-6-2-7-13-17)21-18-14-8-3-9-15-18;2*1-2-4-5-3-1;4*1-2;;;/h2*1-15,22H;2*1H;;;;;;;/q2*+1;2*-5;;;;;;;. The molecule has 8 aromatic carbocycles. The van der Waals surface area contributed by atoms with Gasteiger partial charge in [-0.3, -0.25) is 27.1 Å². The van der Waals surface area contributed by atoms with E-state index in [4.69, 9.17) is 45.8 Å². The van der Waals surface area contributed by atoms with Crippen molar-refractivity contribution in [3.05, 3.63) is 269 Å². The third-order valence-corrected chi connectivity index (χ3v) is 8.78. The second kappa shape index (κ2) is 46.9. The summed E-state index contributed by atoms with van der Waals surface area (Å²) in [6.07, 6.45) is 0. The molecule has 0 spiro atoms. The van der Waals surface area contributed by atoms with Crippen LogP contribution in [0.3, 0.4) is 0 Å². The Kier molecular flexibility index (Phi) is 46.4. The van der Waals surface area contributed by atoms with Gasteiger partial charge in [0.2, 0.25) is 0 Å². The largest absolute Gasteiger partial charge is 0.999 e. The van der Waals surface area contributed by atoms with Crippen LogP contribution in [0.2, 0.25) is 0 Å². The first-order valence-electron chi connectivity index (χ1n) is 17.4. The van der Waals surface area contributed by atoms with Crippen molar-refractivity contribution < 1.29 is 116 Å². The topological polar surface area (TPSA) is 135 Å². The maximum Gasteiger partial charge on any atom is 0.528 e. The van der Waals surface area contributed by atoms with Crippen molar-refractivity contribution in [3.63, 3.8) is 0 Å². The minimum atomic E-state index is -2.00. The van der Waals surface area contributed by atoms with Gasteiger partial charge in [-0.05, 0) is 72.8 Å². The Bertz CT molecular complexity index is 1820. The monoisotopic (exact) mass is 1430 g/mol. The molecule has 15 heteroatoms. The molecule has 0 fully saturated rings. The van der Waals surface area contributed by atoms with Crippen LogP contribution in [0.4, 0.5) is 0 Å². The SMILES string of the molecule is [C-]#[O+].[C-]#[O+].[C-]#[O+].[C-]#[O+].[Hg].[W].[W].[c-]1[c-][c-][cH-][c-]1.[c-]1[c-][c-][cH-][c-]1.c1ccc(O[PH+](Oc2ccccc2)Oc2ccccc2)cc1.c1ccc(O[PH+](Oc2ccccc2)Oc2ccccc2)cc1. The fourth-order valence-corrected chi connectivity index (χ4v) is 6.22. The molecule has 0 amide bonds. The molecule has 326 valence electrons.